The van der Waals surface area contributed by atoms with Gasteiger partial charge >= 0.3 is 0 Å². The number of nitrogens with two attached hydrogens (primary N) is 1. The zero-order valence-corrected chi connectivity index (χ0v) is 16.1. The van der Waals surface area contributed by atoms with E-state index in [9.17, 15) is 4.79 Å². The molecule has 0 unspecified atom stereocenters. The van der Waals surface area contributed by atoms with Crippen LogP contribution in [-0.2, 0) is 7.05 Å². The van der Waals surface area contributed by atoms with Crippen LogP contribution in [0.25, 0.3) is 33.5 Å². The van der Waals surface area contributed by atoms with Gasteiger partial charge in [0.25, 0.3) is 0 Å². The number of carbonyl (C=O) groups excluding carboxylic acids is 1. The molecule has 3 heterocycles. The molecular formula is C20H17ClN6O. The van der Waals surface area contributed by atoms with Crippen molar-refractivity contribution in [2.75, 3.05) is 5.73 Å². The van der Waals surface area contributed by atoms with E-state index in [0.29, 0.717) is 33.2 Å². The summed E-state index contributed by atoms with van der Waals surface area (Å²) in [5.41, 5.74) is 9.20. The van der Waals surface area contributed by atoms with Crippen LogP contribution in [0, 0.1) is 0 Å². The van der Waals surface area contributed by atoms with Gasteiger partial charge in [0.05, 0.1) is 16.2 Å². The molecule has 0 saturated carbocycles. The zero-order chi connectivity index (χ0) is 19.8. The van der Waals surface area contributed by atoms with Crippen LogP contribution in [0.1, 0.15) is 23.8 Å². The standard InChI is InChI=1S/C20H17ClN6O/c1-3-15(28)19-20(22)25-18(14-6-8-27(2)26-14)17(24-19)12-9-11-5-4-7-23-16(11)13(21)10-12/h4-10H,3H2,1-2H3,(H2,22,25). The summed E-state index contributed by atoms with van der Waals surface area (Å²) in [6.07, 6.45) is 3.78. The van der Waals surface area contributed by atoms with Gasteiger partial charge in [-0.1, -0.05) is 24.6 Å². The van der Waals surface area contributed by atoms with E-state index in [1.165, 1.54) is 0 Å². The number of anilines is 1. The topological polar surface area (TPSA) is 99.6 Å². The molecule has 0 bridgehead atoms. The maximum Gasteiger partial charge on any atom is 0.184 e. The second-order valence-corrected chi connectivity index (χ2v) is 6.75. The Bertz CT molecular complexity index is 1220. The van der Waals surface area contributed by atoms with Crippen molar-refractivity contribution in [3.63, 3.8) is 0 Å². The minimum absolute atomic E-state index is 0.0878. The second-order valence-electron chi connectivity index (χ2n) is 6.34. The van der Waals surface area contributed by atoms with E-state index in [2.05, 4.69) is 20.1 Å². The Kier molecular flexibility index (Phi) is 4.52. The van der Waals surface area contributed by atoms with Crippen molar-refractivity contribution in [1.82, 2.24) is 24.7 Å². The van der Waals surface area contributed by atoms with Crippen LogP contribution in [-0.4, -0.2) is 30.5 Å². The second kappa shape index (κ2) is 7.01. The molecule has 0 saturated heterocycles. The lowest BCUT2D eigenvalue weighted by molar-refractivity contribution is 0.0984. The quantitative estimate of drug-likeness (QED) is 0.528. The molecule has 1 aromatic carbocycles. The SMILES string of the molecule is CCC(=O)c1nc(-c2cc(Cl)c3ncccc3c2)c(-c2ccn(C)n2)nc1N. The van der Waals surface area contributed by atoms with Gasteiger partial charge in [-0.25, -0.2) is 9.97 Å². The molecule has 0 spiro atoms. The number of ketones is 1. The number of fused-ring (bicyclic) bond motifs is 1. The fourth-order valence-electron chi connectivity index (χ4n) is 3.03. The van der Waals surface area contributed by atoms with Crippen LogP contribution < -0.4 is 5.73 Å². The number of aryl methyl sites for hydroxylation is 1. The maximum absolute atomic E-state index is 12.3. The Balaban J connectivity index is 2.02. The lowest BCUT2D eigenvalue weighted by Crippen LogP contribution is -2.10. The van der Waals surface area contributed by atoms with E-state index in [1.807, 2.05) is 31.3 Å². The van der Waals surface area contributed by atoms with Gasteiger partial charge in [0.15, 0.2) is 11.6 Å². The molecule has 0 atom stereocenters. The van der Waals surface area contributed by atoms with Crippen molar-refractivity contribution in [2.45, 2.75) is 13.3 Å². The Morgan fingerprint density at radius 2 is 2.04 bits per heavy atom. The first-order valence-corrected chi connectivity index (χ1v) is 9.11. The van der Waals surface area contributed by atoms with Crippen molar-refractivity contribution in [3.05, 3.63) is 53.4 Å². The highest BCUT2D eigenvalue weighted by atomic mass is 35.5. The monoisotopic (exact) mass is 392 g/mol. The molecule has 0 aliphatic heterocycles. The van der Waals surface area contributed by atoms with Gasteiger partial charge in [-0.15, -0.1) is 0 Å². The molecule has 140 valence electrons. The fourth-order valence-corrected chi connectivity index (χ4v) is 3.30. The maximum atomic E-state index is 12.3. The summed E-state index contributed by atoms with van der Waals surface area (Å²) in [5, 5.41) is 5.76. The van der Waals surface area contributed by atoms with Crippen LogP contribution in [0.5, 0.6) is 0 Å². The van der Waals surface area contributed by atoms with Crippen LogP contribution in [0.3, 0.4) is 0 Å². The first-order chi connectivity index (χ1) is 13.5. The molecule has 3 aromatic heterocycles. The summed E-state index contributed by atoms with van der Waals surface area (Å²) in [7, 11) is 1.81. The summed E-state index contributed by atoms with van der Waals surface area (Å²) >= 11 is 6.45. The summed E-state index contributed by atoms with van der Waals surface area (Å²) in [4.78, 5) is 25.7. The molecule has 0 aliphatic carbocycles. The van der Waals surface area contributed by atoms with E-state index < -0.39 is 0 Å². The average molecular weight is 393 g/mol. The van der Waals surface area contributed by atoms with Gasteiger partial charge < -0.3 is 5.73 Å². The van der Waals surface area contributed by atoms with E-state index in [-0.39, 0.29) is 23.7 Å². The molecular weight excluding hydrogens is 376 g/mol. The molecule has 4 aromatic rings. The molecule has 2 N–H and O–H groups in total. The lowest BCUT2D eigenvalue weighted by atomic mass is 10.0. The van der Waals surface area contributed by atoms with Crippen molar-refractivity contribution in [2.24, 2.45) is 7.05 Å². The number of benzene rings is 1. The number of carbonyl (C=O) groups is 1. The highest BCUT2D eigenvalue weighted by molar-refractivity contribution is 6.35. The Labute approximate surface area is 166 Å². The number of Topliss-reactive ketones (excluding diaryl/α,β-unsaturated/α-hetero) is 1. The molecule has 4 rings (SSSR count). The number of rotatable bonds is 4. The van der Waals surface area contributed by atoms with Gasteiger partial charge in [0, 0.05) is 36.8 Å². The van der Waals surface area contributed by atoms with Gasteiger partial charge in [0.2, 0.25) is 0 Å². The van der Waals surface area contributed by atoms with Gasteiger partial charge in [-0.2, -0.15) is 5.10 Å². The molecule has 0 fully saturated rings. The van der Waals surface area contributed by atoms with Crippen molar-refractivity contribution in [3.8, 4) is 22.6 Å². The predicted molar refractivity (Wildman–Crippen MR) is 109 cm³/mol. The molecule has 0 amide bonds. The molecule has 7 nitrogen and oxygen atoms in total. The number of aromatic nitrogens is 5. The van der Waals surface area contributed by atoms with E-state index >= 15 is 0 Å². The number of hydrogen-bond acceptors (Lipinski definition) is 6. The number of nitrogens with zero attached hydrogens (tertiary/aromatic N) is 5. The van der Waals surface area contributed by atoms with Crippen LogP contribution >= 0.6 is 11.6 Å². The third kappa shape index (κ3) is 3.10. The summed E-state index contributed by atoms with van der Waals surface area (Å²) in [5.74, 6) is -0.0859. The van der Waals surface area contributed by atoms with Crippen molar-refractivity contribution >= 4 is 34.1 Å². The number of nitrogen functional groups attached to an aromatic ring is 1. The first kappa shape index (κ1) is 18.1. The lowest BCUT2D eigenvalue weighted by Gasteiger charge is -2.12. The summed E-state index contributed by atoms with van der Waals surface area (Å²) in [6.45, 7) is 1.76. The highest BCUT2D eigenvalue weighted by Gasteiger charge is 2.21. The predicted octanol–water partition coefficient (Wildman–Crippen LogP) is 3.92. The van der Waals surface area contributed by atoms with Crippen LogP contribution in [0.15, 0.2) is 42.7 Å². The van der Waals surface area contributed by atoms with Crippen molar-refractivity contribution < 1.29 is 4.79 Å². The number of pyridine rings is 1. The first-order valence-electron chi connectivity index (χ1n) is 8.73. The number of hydrogen-bond donors (Lipinski definition) is 1. The largest absolute Gasteiger partial charge is 0.382 e. The smallest absolute Gasteiger partial charge is 0.184 e. The molecule has 8 heteroatoms. The fraction of sp³-hybridized carbons (Fsp3) is 0.150. The minimum Gasteiger partial charge on any atom is -0.382 e. The summed E-state index contributed by atoms with van der Waals surface area (Å²) in [6, 6.07) is 9.26. The highest BCUT2D eigenvalue weighted by Crippen LogP contribution is 2.34. The van der Waals surface area contributed by atoms with E-state index in [4.69, 9.17) is 17.3 Å². The van der Waals surface area contributed by atoms with Gasteiger partial charge in [-0.05, 0) is 24.3 Å². The number of halogens is 1. The van der Waals surface area contributed by atoms with Crippen molar-refractivity contribution in [1.29, 1.82) is 0 Å². The third-order valence-electron chi connectivity index (χ3n) is 4.40. The average Bonchev–Trinajstić information content (AvgIpc) is 3.13. The Hall–Kier alpha value is -3.32. The molecule has 0 aliphatic rings. The Morgan fingerprint density at radius 1 is 1.21 bits per heavy atom. The zero-order valence-electron chi connectivity index (χ0n) is 15.3. The minimum atomic E-state index is -0.174. The van der Waals surface area contributed by atoms with E-state index in [1.54, 1.807) is 30.1 Å². The van der Waals surface area contributed by atoms with Gasteiger partial charge in [0.1, 0.15) is 17.1 Å². The molecule has 28 heavy (non-hydrogen) atoms. The van der Waals surface area contributed by atoms with Crippen LogP contribution in [0.2, 0.25) is 5.02 Å². The Morgan fingerprint density at radius 3 is 2.75 bits per heavy atom. The normalized spacial score (nSPS) is 11.1. The third-order valence-corrected chi connectivity index (χ3v) is 4.68. The van der Waals surface area contributed by atoms with Crippen LogP contribution in [0.4, 0.5) is 5.82 Å². The van der Waals surface area contributed by atoms with E-state index in [0.717, 1.165) is 5.39 Å². The molecule has 0 radical (unpaired) electrons. The summed E-state index contributed by atoms with van der Waals surface area (Å²) < 4.78 is 1.67. The van der Waals surface area contributed by atoms with Gasteiger partial charge in [-0.3, -0.25) is 14.5 Å².